The van der Waals surface area contributed by atoms with Crippen LogP contribution in [0.4, 0.5) is 4.79 Å². The van der Waals surface area contributed by atoms with E-state index in [9.17, 15) is 4.79 Å². The first kappa shape index (κ1) is 23.7. The van der Waals surface area contributed by atoms with Gasteiger partial charge in [-0.05, 0) is 76.3 Å². The van der Waals surface area contributed by atoms with E-state index < -0.39 is 11.8 Å². The summed E-state index contributed by atoms with van der Waals surface area (Å²) in [6.45, 7) is 6.04. The van der Waals surface area contributed by atoms with E-state index in [0.717, 1.165) is 48.6 Å². The summed E-state index contributed by atoms with van der Waals surface area (Å²) in [5.41, 5.74) is 1.22. The number of aromatic nitrogens is 5. The van der Waals surface area contributed by atoms with Gasteiger partial charge in [0.15, 0.2) is 5.82 Å². The van der Waals surface area contributed by atoms with Crippen LogP contribution in [-0.4, -0.2) is 41.6 Å². The number of hydroxylamine groups is 2. The molecule has 0 saturated heterocycles. The lowest BCUT2D eigenvalue weighted by Crippen LogP contribution is -2.31. The predicted molar refractivity (Wildman–Crippen MR) is 129 cm³/mol. The lowest BCUT2D eigenvalue weighted by molar-refractivity contribution is -0.155. The zero-order valence-corrected chi connectivity index (χ0v) is 20.9. The minimum Gasteiger partial charge on any atom is -0.427 e. The van der Waals surface area contributed by atoms with Crippen LogP contribution in [0.5, 0.6) is 0 Å². The monoisotopic (exact) mass is 496 g/mol. The number of ether oxygens (including phenoxy) is 1. The SMILES string of the molecule is CC(C)(C)OC(=O)ON1Cc2cc(Cl)ccc2-n2c(nnc2C2CCC(c3ncccn3)CC2)C1. The number of carbonyl (C=O) groups is 1. The smallest absolute Gasteiger partial charge is 0.427 e. The Balaban J connectivity index is 1.41. The molecule has 0 N–H and O–H groups in total. The zero-order chi connectivity index (χ0) is 24.6. The largest absolute Gasteiger partial charge is 0.528 e. The summed E-state index contributed by atoms with van der Waals surface area (Å²) in [6.07, 6.45) is 6.80. The van der Waals surface area contributed by atoms with E-state index in [1.54, 1.807) is 38.2 Å². The van der Waals surface area contributed by atoms with Gasteiger partial charge in [-0.2, -0.15) is 0 Å². The van der Waals surface area contributed by atoms with Crippen molar-refractivity contribution in [3.63, 3.8) is 0 Å². The molecule has 3 aromatic rings. The minimum absolute atomic E-state index is 0.262. The van der Waals surface area contributed by atoms with Gasteiger partial charge in [-0.15, -0.1) is 15.3 Å². The summed E-state index contributed by atoms with van der Waals surface area (Å²) in [4.78, 5) is 26.8. The standard InChI is InChI=1S/C25H29ClN6O3/c1-25(2,3)34-24(33)35-31-14-18-13-19(26)9-10-20(18)32-21(15-31)29-30-23(32)17-7-5-16(6-8-17)22-27-11-4-12-28-22/h4,9-13,16-17H,5-8,14-15H2,1-3H3. The summed E-state index contributed by atoms with van der Waals surface area (Å²) < 4.78 is 7.45. The van der Waals surface area contributed by atoms with Gasteiger partial charge in [0.2, 0.25) is 0 Å². The summed E-state index contributed by atoms with van der Waals surface area (Å²) in [5.74, 6) is 3.18. The Hall–Kier alpha value is -3.04. The van der Waals surface area contributed by atoms with Crippen molar-refractivity contribution in [3.8, 4) is 5.69 Å². The average Bonchev–Trinajstić information content (AvgIpc) is 3.15. The van der Waals surface area contributed by atoms with E-state index in [0.29, 0.717) is 23.3 Å². The highest BCUT2D eigenvalue weighted by molar-refractivity contribution is 6.30. The molecule has 0 unspecified atom stereocenters. The molecule has 10 heteroatoms. The summed E-state index contributed by atoms with van der Waals surface area (Å²) >= 11 is 6.33. The molecule has 35 heavy (non-hydrogen) atoms. The van der Waals surface area contributed by atoms with Gasteiger partial charge < -0.3 is 9.57 Å². The molecule has 2 aliphatic rings. The molecule has 1 saturated carbocycles. The molecule has 0 spiro atoms. The summed E-state index contributed by atoms with van der Waals surface area (Å²) in [5, 5.41) is 11.3. The number of rotatable bonds is 3. The van der Waals surface area contributed by atoms with Gasteiger partial charge in [-0.25, -0.2) is 14.8 Å². The van der Waals surface area contributed by atoms with Crippen LogP contribution < -0.4 is 0 Å². The maximum Gasteiger partial charge on any atom is 0.528 e. The van der Waals surface area contributed by atoms with Crippen molar-refractivity contribution in [2.75, 3.05) is 0 Å². The molecule has 1 aliphatic heterocycles. The average molecular weight is 497 g/mol. The van der Waals surface area contributed by atoms with Crippen molar-refractivity contribution in [1.29, 1.82) is 0 Å². The van der Waals surface area contributed by atoms with Gasteiger partial charge in [0, 0.05) is 29.3 Å². The Kier molecular flexibility index (Phi) is 6.46. The highest BCUT2D eigenvalue weighted by Gasteiger charge is 2.33. The molecular formula is C25H29ClN6O3. The van der Waals surface area contributed by atoms with Gasteiger partial charge >= 0.3 is 6.16 Å². The quantitative estimate of drug-likeness (QED) is 0.449. The highest BCUT2D eigenvalue weighted by Crippen LogP contribution is 2.40. The number of nitrogens with zero attached hydrogens (tertiary/aromatic N) is 6. The predicted octanol–water partition coefficient (Wildman–Crippen LogP) is 5.33. The number of halogens is 1. The van der Waals surface area contributed by atoms with E-state index in [2.05, 4.69) is 24.7 Å². The minimum atomic E-state index is -0.754. The van der Waals surface area contributed by atoms with Crippen molar-refractivity contribution in [1.82, 2.24) is 29.8 Å². The van der Waals surface area contributed by atoms with Crippen molar-refractivity contribution in [2.24, 2.45) is 0 Å². The normalized spacial score (nSPS) is 20.5. The van der Waals surface area contributed by atoms with Gasteiger partial charge in [0.1, 0.15) is 17.2 Å². The van der Waals surface area contributed by atoms with Crippen LogP contribution in [0.2, 0.25) is 5.02 Å². The Morgan fingerprint density at radius 3 is 2.46 bits per heavy atom. The zero-order valence-electron chi connectivity index (χ0n) is 20.1. The van der Waals surface area contributed by atoms with E-state index in [1.807, 2.05) is 24.3 Å². The second-order valence-corrected chi connectivity index (χ2v) is 10.5. The van der Waals surface area contributed by atoms with E-state index in [4.69, 9.17) is 21.2 Å². The molecular weight excluding hydrogens is 468 g/mol. The molecule has 1 aromatic carbocycles. The molecule has 9 nitrogen and oxygen atoms in total. The van der Waals surface area contributed by atoms with E-state index >= 15 is 0 Å². The number of benzene rings is 1. The van der Waals surface area contributed by atoms with Crippen LogP contribution in [0.15, 0.2) is 36.7 Å². The maximum absolute atomic E-state index is 12.4. The van der Waals surface area contributed by atoms with Crippen LogP contribution in [0, 0.1) is 0 Å². The second kappa shape index (κ2) is 9.54. The van der Waals surface area contributed by atoms with Crippen molar-refractivity contribution in [2.45, 2.75) is 77.0 Å². The maximum atomic E-state index is 12.4. The topological polar surface area (TPSA) is 95.3 Å². The Bertz CT molecular complexity index is 1200. The number of fused-ring (bicyclic) bond motifs is 3. The molecule has 0 atom stereocenters. The summed E-state index contributed by atoms with van der Waals surface area (Å²) in [6, 6.07) is 7.58. The number of carbonyl (C=O) groups excluding carboxylic acids is 1. The highest BCUT2D eigenvalue weighted by atomic mass is 35.5. The molecule has 0 amide bonds. The summed E-state index contributed by atoms with van der Waals surface area (Å²) in [7, 11) is 0. The Labute approximate surface area is 209 Å². The molecule has 0 radical (unpaired) electrons. The molecule has 0 bridgehead atoms. The number of hydrogen-bond donors (Lipinski definition) is 0. The third-order valence-corrected chi connectivity index (χ3v) is 6.57. The Morgan fingerprint density at radius 1 is 1.03 bits per heavy atom. The fraction of sp³-hybridized carbons (Fsp3) is 0.480. The molecule has 3 heterocycles. The fourth-order valence-corrected chi connectivity index (χ4v) is 5.03. The van der Waals surface area contributed by atoms with Crippen LogP contribution in [-0.2, 0) is 22.7 Å². The Morgan fingerprint density at radius 2 is 1.74 bits per heavy atom. The molecule has 184 valence electrons. The first-order chi connectivity index (χ1) is 16.8. The second-order valence-electron chi connectivity index (χ2n) is 10.1. The van der Waals surface area contributed by atoms with E-state index in [1.165, 1.54) is 0 Å². The van der Waals surface area contributed by atoms with Gasteiger partial charge in [-0.3, -0.25) is 4.57 Å². The first-order valence-corrected chi connectivity index (χ1v) is 12.3. The lowest BCUT2D eigenvalue weighted by atomic mass is 9.81. The third kappa shape index (κ3) is 5.31. The van der Waals surface area contributed by atoms with Crippen molar-refractivity contribution in [3.05, 3.63) is 64.7 Å². The van der Waals surface area contributed by atoms with Gasteiger partial charge in [0.25, 0.3) is 0 Å². The molecule has 1 fully saturated rings. The van der Waals surface area contributed by atoms with Crippen LogP contribution in [0.25, 0.3) is 5.69 Å². The fourth-order valence-electron chi connectivity index (χ4n) is 4.83. The van der Waals surface area contributed by atoms with Crippen molar-refractivity contribution < 1.29 is 14.4 Å². The van der Waals surface area contributed by atoms with Gasteiger partial charge in [-0.1, -0.05) is 11.6 Å². The molecule has 5 rings (SSSR count). The molecule has 2 aromatic heterocycles. The lowest BCUT2D eigenvalue weighted by Gasteiger charge is -2.27. The van der Waals surface area contributed by atoms with E-state index in [-0.39, 0.29) is 12.5 Å². The van der Waals surface area contributed by atoms with Crippen LogP contribution >= 0.6 is 11.6 Å². The van der Waals surface area contributed by atoms with Crippen LogP contribution in [0.1, 0.15) is 81.3 Å². The van der Waals surface area contributed by atoms with Crippen molar-refractivity contribution >= 4 is 17.8 Å². The molecule has 1 aliphatic carbocycles. The number of hydrogen-bond acceptors (Lipinski definition) is 8. The van der Waals surface area contributed by atoms with Crippen LogP contribution in [0.3, 0.4) is 0 Å². The van der Waals surface area contributed by atoms with Gasteiger partial charge in [0.05, 0.1) is 18.8 Å². The first-order valence-electron chi connectivity index (χ1n) is 11.9. The third-order valence-electron chi connectivity index (χ3n) is 6.34.